The number of anilines is 1. The Balaban J connectivity index is 2.78. The first kappa shape index (κ1) is 14.6. The molecule has 1 atom stereocenters. The van der Waals surface area contributed by atoms with Crippen LogP contribution in [0, 0.1) is 0 Å². The lowest BCUT2D eigenvalue weighted by Crippen LogP contribution is -2.20. The van der Waals surface area contributed by atoms with Gasteiger partial charge in [-0.2, -0.15) is 0 Å². The van der Waals surface area contributed by atoms with Crippen LogP contribution in [0.4, 0.5) is 5.69 Å². The van der Waals surface area contributed by atoms with Crippen LogP contribution < -0.4 is 14.8 Å². The molecule has 0 bridgehead atoms. The molecule has 0 aliphatic carbocycles. The number of nitrogens with one attached hydrogen (secondary N) is 1. The van der Waals surface area contributed by atoms with Crippen molar-refractivity contribution < 1.29 is 14.2 Å². The van der Waals surface area contributed by atoms with Gasteiger partial charge in [-0.05, 0) is 32.9 Å². The zero-order valence-corrected chi connectivity index (χ0v) is 11.7. The van der Waals surface area contributed by atoms with Crippen LogP contribution in [-0.2, 0) is 4.74 Å². The molecule has 4 heteroatoms. The van der Waals surface area contributed by atoms with Crippen molar-refractivity contribution in [3.63, 3.8) is 0 Å². The van der Waals surface area contributed by atoms with Crippen LogP contribution in [0.2, 0.25) is 0 Å². The van der Waals surface area contributed by atoms with Crippen LogP contribution >= 0.6 is 0 Å². The molecule has 0 radical (unpaired) electrons. The summed E-state index contributed by atoms with van der Waals surface area (Å²) in [5.41, 5.74) is 1.01. The summed E-state index contributed by atoms with van der Waals surface area (Å²) < 4.78 is 16.2. The van der Waals surface area contributed by atoms with Crippen LogP contribution in [0.1, 0.15) is 20.8 Å². The second kappa shape index (κ2) is 7.82. The fourth-order valence-electron chi connectivity index (χ4n) is 1.72. The lowest BCUT2D eigenvalue weighted by Gasteiger charge is -2.17. The normalized spacial score (nSPS) is 12.0. The molecule has 1 unspecified atom stereocenters. The molecule has 0 heterocycles. The predicted octanol–water partition coefficient (Wildman–Crippen LogP) is 2.93. The van der Waals surface area contributed by atoms with E-state index in [-0.39, 0.29) is 6.04 Å². The third-order valence-electron chi connectivity index (χ3n) is 2.37. The third kappa shape index (κ3) is 4.45. The lowest BCUT2D eigenvalue weighted by molar-refractivity contribution is 0.190. The summed E-state index contributed by atoms with van der Waals surface area (Å²) in [6, 6.07) is 6.12. The minimum atomic E-state index is 0.252. The summed E-state index contributed by atoms with van der Waals surface area (Å²) in [5.74, 6) is 1.55. The fourth-order valence-corrected chi connectivity index (χ4v) is 1.72. The summed E-state index contributed by atoms with van der Waals surface area (Å²) in [6.45, 7) is 7.91. The molecule has 1 aromatic rings. The summed E-state index contributed by atoms with van der Waals surface area (Å²) >= 11 is 0. The van der Waals surface area contributed by atoms with Crippen LogP contribution in [0.25, 0.3) is 0 Å². The summed E-state index contributed by atoms with van der Waals surface area (Å²) in [7, 11) is 1.70. The van der Waals surface area contributed by atoms with Gasteiger partial charge in [-0.15, -0.1) is 0 Å². The second-order valence-electron chi connectivity index (χ2n) is 4.03. The molecule has 0 aliphatic rings. The first-order valence-corrected chi connectivity index (χ1v) is 6.36. The number of rotatable bonds is 8. The van der Waals surface area contributed by atoms with Gasteiger partial charge in [0, 0.05) is 24.9 Å². The van der Waals surface area contributed by atoms with Crippen LogP contribution in [0.15, 0.2) is 18.2 Å². The molecule has 1 rings (SSSR count). The largest absolute Gasteiger partial charge is 0.490 e. The maximum absolute atomic E-state index is 5.58. The minimum Gasteiger partial charge on any atom is -0.490 e. The smallest absolute Gasteiger partial charge is 0.163 e. The van der Waals surface area contributed by atoms with Gasteiger partial charge in [0.1, 0.15) is 0 Å². The second-order valence-corrected chi connectivity index (χ2v) is 4.03. The Hall–Kier alpha value is -1.42. The van der Waals surface area contributed by atoms with Crippen molar-refractivity contribution in [2.45, 2.75) is 26.8 Å². The molecule has 0 spiro atoms. The predicted molar refractivity (Wildman–Crippen MR) is 73.7 cm³/mol. The molecule has 0 amide bonds. The minimum absolute atomic E-state index is 0.252. The van der Waals surface area contributed by atoms with Gasteiger partial charge in [0.25, 0.3) is 0 Å². The highest BCUT2D eigenvalue weighted by molar-refractivity contribution is 5.55. The number of hydrogen-bond acceptors (Lipinski definition) is 4. The maximum atomic E-state index is 5.58. The Morgan fingerprint density at radius 1 is 1.11 bits per heavy atom. The number of methoxy groups -OCH3 is 1. The van der Waals surface area contributed by atoms with Gasteiger partial charge in [0.05, 0.1) is 19.8 Å². The van der Waals surface area contributed by atoms with E-state index in [1.165, 1.54) is 0 Å². The standard InChI is InChI=1S/C14H23NO3/c1-5-17-13-8-7-12(9-14(13)18-6-2)15-11(3)10-16-4/h7-9,11,15H,5-6,10H2,1-4H3. The van der Waals surface area contributed by atoms with Crippen molar-refractivity contribution in [2.75, 3.05) is 32.2 Å². The fraction of sp³-hybridized carbons (Fsp3) is 0.571. The van der Waals surface area contributed by atoms with E-state index < -0.39 is 0 Å². The van der Waals surface area contributed by atoms with Crippen LogP contribution in [0.5, 0.6) is 11.5 Å². The summed E-state index contributed by atoms with van der Waals surface area (Å²) in [4.78, 5) is 0. The Morgan fingerprint density at radius 2 is 1.78 bits per heavy atom. The maximum Gasteiger partial charge on any atom is 0.163 e. The van der Waals surface area contributed by atoms with E-state index >= 15 is 0 Å². The SMILES string of the molecule is CCOc1ccc(NC(C)COC)cc1OCC. The Morgan fingerprint density at radius 3 is 2.39 bits per heavy atom. The summed E-state index contributed by atoms with van der Waals surface area (Å²) in [5, 5.41) is 3.35. The van der Waals surface area contributed by atoms with Gasteiger partial charge in [-0.25, -0.2) is 0 Å². The van der Waals surface area contributed by atoms with Gasteiger partial charge in [-0.1, -0.05) is 0 Å². The molecule has 0 aliphatic heterocycles. The van der Waals surface area contributed by atoms with E-state index in [9.17, 15) is 0 Å². The molecule has 0 saturated carbocycles. The Kier molecular flexibility index (Phi) is 6.36. The molecule has 4 nitrogen and oxygen atoms in total. The Labute approximate surface area is 109 Å². The van der Waals surface area contributed by atoms with Crippen LogP contribution in [-0.4, -0.2) is 33.0 Å². The molecule has 102 valence electrons. The van der Waals surface area contributed by atoms with E-state index in [1.807, 2.05) is 32.0 Å². The molecule has 0 aromatic heterocycles. The zero-order valence-electron chi connectivity index (χ0n) is 11.7. The van der Waals surface area contributed by atoms with Crippen molar-refractivity contribution in [1.82, 2.24) is 0 Å². The van der Waals surface area contributed by atoms with E-state index in [0.717, 1.165) is 17.2 Å². The van der Waals surface area contributed by atoms with Gasteiger partial charge in [0.15, 0.2) is 11.5 Å². The third-order valence-corrected chi connectivity index (χ3v) is 2.37. The first-order chi connectivity index (χ1) is 8.71. The van der Waals surface area contributed by atoms with Gasteiger partial charge >= 0.3 is 0 Å². The van der Waals surface area contributed by atoms with Gasteiger partial charge in [0.2, 0.25) is 0 Å². The molecular formula is C14H23NO3. The van der Waals surface area contributed by atoms with Crippen molar-refractivity contribution >= 4 is 5.69 Å². The summed E-state index contributed by atoms with van der Waals surface area (Å²) in [6.07, 6.45) is 0. The highest BCUT2D eigenvalue weighted by Crippen LogP contribution is 2.30. The van der Waals surface area contributed by atoms with Crippen molar-refractivity contribution in [2.24, 2.45) is 0 Å². The van der Waals surface area contributed by atoms with E-state index in [0.29, 0.717) is 19.8 Å². The van der Waals surface area contributed by atoms with E-state index in [1.54, 1.807) is 7.11 Å². The van der Waals surface area contributed by atoms with Gasteiger partial charge < -0.3 is 19.5 Å². The lowest BCUT2D eigenvalue weighted by atomic mass is 10.2. The average Bonchev–Trinajstić information content (AvgIpc) is 2.33. The number of hydrogen-bond donors (Lipinski definition) is 1. The highest BCUT2D eigenvalue weighted by Gasteiger charge is 2.07. The zero-order chi connectivity index (χ0) is 13.4. The quantitative estimate of drug-likeness (QED) is 0.773. The van der Waals surface area contributed by atoms with E-state index in [2.05, 4.69) is 12.2 Å². The molecule has 0 saturated heterocycles. The monoisotopic (exact) mass is 253 g/mol. The number of ether oxygens (including phenoxy) is 3. The molecule has 18 heavy (non-hydrogen) atoms. The van der Waals surface area contributed by atoms with E-state index in [4.69, 9.17) is 14.2 Å². The molecule has 0 fully saturated rings. The average molecular weight is 253 g/mol. The first-order valence-electron chi connectivity index (χ1n) is 6.36. The van der Waals surface area contributed by atoms with Crippen LogP contribution in [0.3, 0.4) is 0 Å². The van der Waals surface area contributed by atoms with Gasteiger partial charge in [-0.3, -0.25) is 0 Å². The Bertz CT molecular complexity index is 355. The highest BCUT2D eigenvalue weighted by atomic mass is 16.5. The van der Waals surface area contributed by atoms with Crippen molar-refractivity contribution in [1.29, 1.82) is 0 Å². The number of benzene rings is 1. The molecular weight excluding hydrogens is 230 g/mol. The van der Waals surface area contributed by atoms with Crippen molar-refractivity contribution in [3.05, 3.63) is 18.2 Å². The topological polar surface area (TPSA) is 39.7 Å². The molecule has 1 N–H and O–H groups in total. The van der Waals surface area contributed by atoms with Crippen molar-refractivity contribution in [3.8, 4) is 11.5 Å². The molecule has 1 aromatic carbocycles.